The lowest BCUT2D eigenvalue weighted by Crippen LogP contribution is -2.25. The van der Waals surface area contributed by atoms with Crippen molar-refractivity contribution >= 4 is 22.3 Å². The predicted octanol–water partition coefficient (Wildman–Crippen LogP) is 4.51. The number of H-pyrrole nitrogens is 1. The van der Waals surface area contributed by atoms with E-state index in [9.17, 15) is 10.5 Å². The van der Waals surface area contributed by atoms with Crippen LogP contribution in [0.5, 0.6) is 5.75 Å². The van der Waals surface area contributed by atoms with Crippen LogP contribution >= 0.6 is 0 Å². The zero-order valence-electron chi connectivity index (χ0n) is 16.4. The van der Waals surface area contributed by atoms with Gasteiger partial charge in [0, 0.05) is 28.3 Å². The first kappa shape index (κ1) is 18.5. The van der Waals surface area contributed by atoms with Gasteiger partial charge < -0.3 is 4.74 Å². The minimum Gasteiger partial charge on any atom is -0.497 e. The lowest BCUT2D eigenvalue weighted by Gasteiger charge is -2.28. The highest BCUT2D eigenvalue weighted by atomic mass is 16.5. The molecule has 0 amide bonds. The first-order valence-electron chi connectivity index (χ1n) is 9.25. The van der Waals surface area contributed by atoms with Crippen molar-refractivity contribution in [3.05, 3.63) is 64.9 Å². The van der Waals surface area contributed by atoms with Crippen molar-refractivity contribution < 1.29 is 4.74 Å². The molecule has 0 radical (unpaired) electrons. The third-order valence-corrected chi connectivity index (χ3v) is 5.39. The number of aliphatic imine (C=N–C) groups is 1. The highest BCUT2D eigenvalue weighted by molar-refractivity contribution is 5.97. The molecule has 142 valence electrons. The van der Waals surface area contributed by atoms with Crippen LogP contribution in [0, 0.1) is 35.5 Å². The Bertz CT molecular complexity index is 1230. The molecule has 1 aliphatic rings. The number of ether oxygens (including phenoxy) is 1. The summed E-state index contributed by atoms with van der Waals surface area (Å²) in [6, 6.07) is 18.0. The smallest absolute Gasteiger partial charge is 0.118 e. The molecule has 1 N–H and O–H groups in total. The van der Waals surface area contributed by atoms with Crippen LogP contribution in [0.2, 0.25) is 0 Å². The Morgan fingerprint density at radius 2 is 1.83 bits per heavy atom. The van der Waals surface area contributed by atoms with E-state index in [0.29, 0.717) is 17.0 Å². The molecule has 0 aliphatic carbocycles. The maximum Gasteiger partial charge on any atom is 0.118 e. The number of benzene rings is 2. The summed E-state index contributed by atoms with van der Waals surface area (Å²) >= 11 is 0. The number of nitrogens with zero attached hydrogens (tertiary/aromatic N) is 4. The Balaban J connectivity index is 1.92. The maximum atomic E-state index is 10.1. The fourth-order valence-corrected chi connectivity index (χ4v) is 3.83. The van der Waals surface area contributed by atoms with Gasteiger partial charge in [-0.1, -0.05) is 6.07 Å². The van der Waals surface area contributed by atoms with E-state index >= 15 is 0 Å². The molecule has 0 bridgehead atoms. The number of nitriles is 2. The second-order valence-corrected chi connectivity index (χ2v) is 7.07. The van der Waals surface area contributed by atoms with Crippen molar-refractivity contribution in [2.75, 3.05) is 7.11 Å². The fourth-order valence-electron chi connectivity index (χ4n) is 3.83. The molecule has 6 heteroatoms. The van der Waals surface area contributed by atoms with Crippen LogP contribution < -0.4 is 4.74 Å². The van der Waals surface area contributed by atoms with Crippen LogP contribution in [0.1, 0.15) is 29.7 Å². The van der Waals surface area contributed by atoms with Crippen molar-refractivity contribution in [2.24, 2.45) is 10.9 Å². The van der Waals surface area contributed by atoms with E-state index in [0.717, 1.165) is 33.5 Å². The second kappa shape index (κ2) is 7.26. The summed E-state index contributed by atoms with van der Waals surface area (Å²) in [5.74, 6) is -0.161. The minimum absolute atomic E-state index is 0.390. The van der Waals surface area contributed by atoms with E-state index < -0.39 is 11.8 Å². The van der Waals surface area contributed by atoms with Gasteiger partial charge in [-0.25, -0.2) is 0 Å². The molecule has 1 aromatic heterocycles. The summed E-state index contributed by atoms with van der Waals surface area (Å²) in [5, 5.41) is 28.2. The molecule has 1 aliphatic heterocycles. The van der Waals surface area contributed by atoms with Crippen LogP contribution in [-0.4, -0.2) is 23.0 Å². The molecule has 29 heavy (non-hydrogen) atoms. The summed E-state index contributed by atoms with van der Waals surface area (Å²) < 4.78 is 5.23. The average molecular weight is 381 g/mol. The largest absolute Gasteiger partial charge is 0.497 e. The molecule has 4 rings (SSSR count). The van der Waals surface area contributed by atoms with Gasteiger partial charge in [0.2, 0.25) is 0 Å². The molecule has 2 heterocycles. The van der Waals surface area contributed by atoms with Crippen LogP contribution in [0.15, 0.2) is 53.0 Å². The molecule has 3 aromatic rings. The summed E-state index contributed by atoms with van der Waals surface area (Å²) in [7, 11) is 1.61. The van der Waals surface area contributed by atoms with Crippen molar-refractivity contribution in [1.29, 1.82) is 10.5 Å². The van der Waals surface area contributed by atoms with Crippen molar-refractivity contribution in [3.63, 3.8) is 0 Å². The lowest BCUT2D eigenvalue weighted by atomic mass is 9.76. The topological polar surface area (TPSA) is 97.8 Å². The second-order valence-electron chi connectivity index (χ2n) is 7.07. The average Bonchev–Trinajstić information content (AvgIpc) is 3.13. The van der Waals surface area contributed by atoms with Gasteiger partial charge in [-0.3, -0.25) is 10.1 Å². The number of hydrogen-bond acceptors (Lipinski definition) is 5. The van der Waals surface area contributed by atoms with Gasteiger partial charge in [-0.2, -0.15) is 15.6 Å². The number of aryl methyl sites for hydroxylation is 1. The standard InChI is InChI=1S/C23H19N5O/c1-13-19(11-24)22(16-6-9-21-18(10-16)14(2)27-28-21)20(12-25)23(26-13)15-4-7-17(29-3)8-5-15/h4-10,19,22H,1-3H3,(H,27,28). The lowest BCUT2D eigenvalue weighted by molar-refractivity contribution is 0.415. The number of nitrogens with one attached hydrogen (secondary N) is 1. The summed E-state index contributed by atoms with van der Waals surface area (Å²) in [6.07, 6.45) is 0. The molecular weight excluding hydrogens is 362 g/mol. The molecule has 0 saturated carbocycles. The SMILES string of the molecule is COc1ccc(C2=C(C#N)C(c3ccc4n[nH]c(C)c4c3)C(C#N)C(C)=N2)cc1. The van der Waals surface area contributed by atoms with E-state index in [4.69, 9.17) is 4.74 Å². The zero-order valence-corrected chi connectivity index (χ0v) is 16.4. The van der Waals surface area contributed by atoms with Gasteiger partial charge in [-0.15, -0.1) is 0 Å². The van der Waals surface area contributed by atoms with Gasteiger partial charge in [-0.05, 0) is 55.8 Å². The maximum absolute atomic E-state index is 10.1. The molecule has 2 atom stereocenters. The van der Waals surface area contributed by atoms with Crippen molar-refractivity contribution in [1.82, 2.24) is 10.2 Å². The molecule has 0 fully saturated rings. The Morgan fingerprint density at radius 3 is 2.48 bits per heavy atom. The van der Waals surface area contributed by atoms with E-state index in [-0.39, 0.29) is 0 Å². The molecule has 0 spiro atoms. The highest BCUT2D eigenvalue weighted by Crippen LogP contribution is 2.42. The number of methoxy groups -OCH3 is 1. The van der Waals surface area contributed by atoms with E-state index in [1.165, 1.54) is 0 Å². The monoisotopic (exact) mass is 381 g/mol. The quantitative estimate of drug-likeness (QED) is 0.721. The van der Waals surface area contributed by atoms with Crippen molar-refractivity contribution in [3.8, 4) is 17.9 Å². The third-order valence-electron chi connectivity index (χ3n) is 5.39. The Kier molecular flexibility index (Phi) is 4.62. The normalized spacial score (nSPS) is 18.9. The van der Waals surface area contributed by atoms with Gasteiger partial charge in [0.1, 0.15) is 5.75 Å². The van der Waals surface area contributed by atoms with Gasteiger partial charge in [0.15, 0.2) is 0 Å². The summed E-state index contributed by atoms with van der Waals surface area (Å²) in [5.41, 5.74) is 5.34. The number of fused-ring (bicyclic) bond motifs is 1. The minimum atomic E-state index is -0.503. The Labute approximate surface area is 168 Å². The van der Waals surface area contributed by atoms with Gasteiger partial charge >= 0.3 is 0 Å². The Morgan fingerprint density at radius 1 is 1.07 bits per heavy atom. The number of allylic oxidation sites excluding steroid dienone is 1. The first-order valence-corrected chi connectivity index (χ1v) is 9.25. The molecule has 6 nitrogen and oxygen atoms in total. The molecule has 2 unspecified atom stereocenters. The number of rotatable bonds is 3. The highest BCUT2D eigenvalue weighted by Gasteiger charge is 2.35. The molecular formula is C23H19N5O. The van der Waals surface area contributed by atoms with Crippen LogP contribution in [0.4, 0.5) is 0 Å². The zero-order chi connectivity index (χ0) is 20.5. The van der Waals surface area contributed by atoms with Crippen LogP contribution in [0.25, 0.3) is 16.6 Å². The number of aromatic nitrogens is 2. The van der Waals surface area contributed by atoms with E-state index in [2.05, 4.69) is 27.3 Å². The predicted molar refractivity (Wildman–Crippen MR) is 111 cm³/mol. The first-order chi connectivity index (χ1) is 14.1. The van der Waals surface area contributed by atoms with Crippen molar-refractivity contribution in [2.45, 2.75) is 19.8 Å². The fraction of sp³-hybridized carbons (Fsp3) is 0.217. The van der Waals surface area contributed by atoms with Crippen LogP contribution in [0.3, 0.4) is 0 Å². The number of hydrogen-bond donors (Lipinski definition) is 1. The third kappa shape index (κ3) is 3.05. The van der Waals surface area contributed by atoms with Crippen LogP contribution in [-0.2, 0) is 0 Å². The van der Waals surface area contributed by atoms with E-state index in [1.807, 2.05) is 56.3 Å². The Hall–Kier alpha value is -3.90. The van der Waals surface area contributed by atoms with Gasteiger partial charge in [0.05, 0.1) is 42.0 Å². The summed E-state index contributed by atoms with van der Waals surface area (Å²) in [4.78, 5) is 4.65. The molecule has 2 aromatic carbocycles. The van der Waals surface area contributed by atoms with E-state index in [1.54, 1.807) is 7.11 Å². The number of aromatic amines is 1. The summed E-state index contributed by atoms with van der Waals surface area (Å²) in [6.45, 7) is 3.80. The molecule has 0 saturated heterocycles. The van der Waals surface area contributed by atoms with Gasteiger partial charge in [0.25, 0.3) is 0 Å².